The molecule has 0 heterocycles. The van der Waals surface area contributed by atoms with Crippen LogP contribution in [0.1, 0.15) is 39.5 Å². The Morgan fingerprint density at radius 3 is 2.47 bits per heavy atom. The average Bonchev–Trinajstić information content (AvgIpc) is 2.33. The van der Waals surface area contributed by atoms with E-state index in [1.165, 1.54) is 0 Å². The lowest BCUT2D eigenvalue weighted by molar-refractivity contribution is -0.137. The highest BCUT2D eigenvalue weighted by molar-refractivity contribution is 7.98. The van der Waals surface area contributed by atoms with Gasteiger partial charge in [-0.1, -0.05) is 6.92 Å². The van der Waals surface area contributed by atoms with Crippen LogP contribution in [0, 0.1) is 5.92 Å². The van der Waals surface area contributed by atoms with Crippen LogP contribution in [0.5, 0.6) is 0 Å². The largest absolute Gasteiger partial charge is 0.481 e. The fourth-order valence-electron chi connectivity index (χ4n) is 1.59. The third-order valence-electron chi connectivity index (χ3n) is 2.91. The molecule has 0 saturated carbocycles. The van der Waals surface area contributed by atoms with Gasteiger partial charge >= 0.3 is 12.0 Å². The Balaban J connectivity index is 3.59. The molecule has 2 unspecified atom stereocenters. The molecule has 0 aromatic heterocycles. The summed E-state index contributed by atoms with van der Waals surface area (Å²) in [5, 5.41) is 14.2. The standard InChI is InChI=1S/C13H26N2O3S/c1-10(4-5-12(16)17)6-8-14-13(18)15-11(2)7-9-19-3/h10-11H,4-9H2,1-3H3,(H,16,17)(H2,14,15,18). The predicted molar refractivity (Wildman–Crippen MR) is 79.6 cm³/mol. The van der Waals surface area contributed by atoms with Crippen molar-refractivity contribution in [3.05, 3.63) is 0 Å². The molecule has 2 atom stereocenters. The minimum Gasteiger partial charge on any atom is -0.481 e. The maximum absolute atomic E-state index is 11.5. The molecule has 19 heavy (non-hydrogen) atoms. The number of aliphatic carboxylic acids is 1. The summed E-state index contributed by atoms with van der Waals surface area (Å²) in [6.45, 7) is 4.58. The van der Waals surface area contributed by atoms with Gasteiger partial charge in [-0.2, -0.15) is 11.8 Å². The monoisotopic (exact) mass is 290 g/mol. The van der Waals surface area contributed by atoms with Crippen LogP contribution in [0.4, 0.5) is 4.79 Å². The number of hydrogen-bond acceptors (Lipinski definition) is 3. The van der Waals surface area contributed by atoms with Crippen molar-refractivity contribution in [3.63, 3.8) is 0 Å². The quantitative estimate of drug-likeness (QED) is 0.577. The van der Waals surface area contributed by atoms with Crippen molar-refractivity contribution < 1.29 is 14.7 Å². The average molecular weight is 290 g/mol. The summed E-state index contributed by atoms with van der Waals surface area (Å²) in [4.78, 5) is 22.0. The number of rotatable bonds is 10. The molecule has 6 heteroatoms. The van der Waals surface area contributed by atoms with Gasteiger partial charge in [0.1, 0.15) is 0 Å². The maximum atomic E-state index is 11.5. The number of thioether (sulfide) groups is 1. The van der Waals surface area contributed by atoms with Gasteiger partial charge in [0.2, 0.25) is 0 Å². The van der Waals surface area contributed by atoms with Crippen LogP contribution in [-0.2, 0) is 4.79 Å². The third kappa shape index (κ3) is 11.9. The Morgan fingerprint density at radius 1 is 1.21 bits per heavy atom. The molecule has 0 aliphatic rings. The van der Waals surface area contributed by atoms with E-state index in [-0.39, 0.29) is 18.5 Å². The molecule has 0 aromatic rings. The number of urea groups is 1. The first kappa shape index (κ1) is 18.1. The molecule has 0 spiro atoms. The van der Waals surface area contributed by atoms with Crippen LogP contribution in [-0.4, -0.2) is 41.7 Å². The topological polar surface area (TPSA) is 78.4 Å². The number of nitrogens with one attached hydrogen (secondary N) is 2. The van der Waals surface area contributed by atoms with Gasteiger partial charge in [0.05, 0.1) is 0 Å². The summed E-state index contributed by atoms with van der Waals surface area (Å²) >= 11 is 1.77. The summed E-state index contributed by atoms with van der Waals surface area (Å²) in [5.41, 5.74) is 0. The Morgan fingerprint density at radius 2 is 1.89 bits per heavy atom. The fourth-order valence-corrected chi connectivity index (χ4v) is 2.18. The highest BCUT2D eigenvalue weighted by atomic mass is 32.2. The smallest absolute Gasteiger partial charge is 0.314 e. The lowest BCUT2D eigenvalue weighted by Gasteiger charge is -2.15. The molecular formula is C13H26N2O3S. The lowest BCUT2D eigenvalue weighted by Crippen LogP contribution is -2.41. The van der Waals surface area contributed by atoms with Gasteiger partial charge in [-0.3, -0.25) is 4.79 Å². The zero-order chi connectivity index (χ0) is 14.7. The van der Waals surface area contributed by atoms with Crippen molar-refractivity contribution in [2.24, 2.45) is 5.92 Å². The minimum atomic E-state index is -0.764. The van der Waals surface area contributed by atoms with E-state index in [9.17, 15) is 9.59 Å². The highest BCUT2D eigenvalue weighted by Gasteiger charge is 2.08. The SMILES string of the molecule is CSCCC(C)NC(=O)NCCC(C)CCC(=O)O. The van der Waals surface area contributed by atoms with E-state index in [1.807, 2.05) is 20.1 Å². The number of carboxylic acid groups (broad SMARTS) is 1. The summed E-state index contributed by atoms with van der Waals surface area (Å²) in [6.07, 6.45) is 4.66. The first-order valence-electron chi connectivity index (χ1n) is 6.70. The summed E-state index contributed by atoms with van der Waals surface area (Å²) in [6, 6.07) is 0.0379. The van der Waals surface area contributed by atoms with Crippen molar-refractivity contribution in [1.82, 2.24) is 10.6 Å². The molecule has 3 N–H and O–H groups in total. The van der Waals surface area contributed by atoms with Gasteiger partial charge < -0.3 is 15.7 Å². The molecule has 0 bridgehead atoms. The molecule has 5 nitrogen and oxygen atoms in total. The molecular weight excluding hydrogens is 264 g/mol. The van der Waals surface area contributed by atoms with E-state index in [0.717, 1.165) is 18.6 Å². The fraction of sp³-hybridized carbons (Fsp3) is 0.846. The van der Waals surface area contributed by atoms with E-state index in [1.54, 1.807) is 11.8 Å². The van der Waals surface area contributed by atoms with Crippen molar-refractivity contribution in [2.45, 2.75) is 45.6 Å². The second kappa shape index (κ2) is 11.0. The first-order chi connectivity index (χ1) is 8.95. The summed E-state index contributed by atoms with van der Waals surface area (Å²) in [5.74, 6) is 0.582. The Bertz CT molecular complexity index is 275. The Kier molecular flexibility index (Phi) is 10.4. The molecule has 0 aliphatic carbocycles. The van der Waals surface area contributed by atoms with Crippen LogP contribution in [0.15, 0.2) is 0 Å². The maximum Gasteiger partial charge on any atom is 0.314 e. The van der Waals surface area contributed by atoms with Gasteiger partial charge in [-0.25, -0.2) is 4.79 Å². The highest BCUT2D eigenvalue weighted by Crippen LogP contribution is 2.09. The molecule has 0 saturated heterocycles. The normalized spacial score (nSPS) is 13.6. The molecule has 0 aliphatic heterocycles. The second-order valence-corrected chi connectivity index (χ2v) is 5.89. The molecule has 112 valence electrons. The van der Waals surface area contributed by atoms with Gasteiger partial charge in [-0.05, 0) is 44.1 Å². The van der Waals surface area contributed by atoms with Crippen molar-refractivity contribution in [2.75, 3.05) is 18.6 Å². The van der Waals surface area contributed by atoms with Crippen LogP contribution in [0.25, 0.3) is 0 Å². The molecule has 0 rings (SSSR count). The zero-order valence-electron chi connectivity index (χ0n) is 12.1. The van der Waals surface area contributed by atoms with Crippen LogP contribution < -0.4 is 10.6 Å². The lowest BCUT2D eigenvalue weighted by atomic mass is 10.0. The second-order valence-electron chi connectivity index (χ2n) is 4.91. The van der Waals surface area contributed by atoms with Crippen molar-refractivity contribution in [3.8, 4) is 0 Å². The van der Waals surface area contributed by atoms with Gasteiger partial charge in [-0.15, -0.1) is 0 Å². The van der Waals surface area contributed by atoms with Crippen LogP contribution >= 0.6 is 11.8 Å². The zero-order valence-corrected chi connectivity index (χ0v) is 12.9. The van der Waals surface area contributed by atoms with Crippen molar-refractivity contribution in [1.29, 1.82) is 0 Å². The first-order valence-corrected chi connectivity index (χ1v) is 8.10. The van der Waals surface area contributed by atoms with E-state index in [0.29, 0.717) is 18.9 Å². The van der Waals surface area contributed by atoms with E-state index < -0.39 is 5.97 Å². The van der Waals surface area contributed by atoms with E-state index >= 15 is 0 Å². The molecule has 0 fully saturated rings. The Hall–Kier alpha value is -0.910. The van der Waals surface area contributed by atoms with Gasteiger partial charge in [0.15, 0.2) is 0 Å². The van der Waals surface area contributed by atoms with Gasteiger partial charge in [0.25, 0.3) is 0 Å². The minimum absolute atomic E-state index is 0.140. The number of carboxylic acids is 1. The summed E-state index contributed by atoms with van der Waals surface area (Å²) in [7, 11) is 0. The predicted octanol–water partition coefficient (Wildman–Crippen LogP) is 2.32. The molecule has 0 aromatic carbocycles. The van der Waals surface area contributed by atoms with Crippen LogP contribution in [0.3, 0.4) is 0 Å². The van der Waals surface area contributed by atoms with Gasteiger partial charge in [0, 0.05) is 19.0 Å². The van der Waals surface area contributed by atoms with E-state index in [2.05, 4.69) is 10.6 Å². The summed E-state index contributed by atoms with van der Waals surface area (Å²) < 4.78 is 0. The number of amides is 2. The molecule has 2 amide bonds. The third-order valence-corrected chi connectivity index (χ3v) is 3.55. The Labute approximate surface area is 119 Å². The number of carbonyl (C=O) groups is 2. The molecule has 0 radical (unpaired) electrons. The number of carbonyl (C=O) groups excluding carboxylic acids is 1. The van der Waals surface area contributed by atoms with Crippen LogP contribution in [0.2, 0.25) is 0 Å². The van der Waals surface area contributed by atoms with Crippen molar-refractivity contribution >= 4 is 23.8 Å². The van der Waals surface area contributed by atoms with E-state index in [4.69, 9.17) is 5.11 Å². The number of hydrogen-bond donors (Lipinski definition) is 3.